The van der Waals surface area contributed by atoms with Crippen molar-refractivity contribution in [3.63, 3.8) is 0 Å². The Morgan fingerprint density at radius 1 is 0.814 bits per heavy atom. The molecule has 2 aromatic carbocycles. The number of hydrogen-bond donors (Lipinski definition) is 6. The molecule has 0 bridgehead atoms. The first-order valence-electron chi connectivity index (χ1n) is 14.2. The van der Waals surface area contributed by atoms with E-state index in [-0.39, 0.29) is 58.6 Å². The molecule has 0 unspecified atom stereocenters. The lowest BCUT2D eigenvalue weighted by Crippen LogP contribution is -2.54. The zero-order valence-electron chi connectivity index (χ0n) is 23.8. The number of benzene rings is 2. The minimum atomic E-state index is -1.33. The summed E-state index contributed by atoms with van der Waals surface area (Å²) in [6.45, 7) is 5.00. The molecule has 12 heteroatoms. The van der Waals surface area contributed by atoms with Crippen molar-refractivity contribution < 1.29 is 59.2 Å². The van der Waals surface area contributed by atoms with Crippen LogP contribution >= 0.6 is 0 Å². The Hall–Kier alpha value is -3.36. The number of rotatable bonds is 4. The van der Waals surface area contributed by atoms with Gasteiger partial charge in [-0.2, -0.15) is 0 Å². The number of Topliss-reactive ketones (excluding diaryl/α,β-unsaturated/α-hetero) is 2. The van der Waals surface area contributed by atoms with Crippen LogP contribution in [0.5, 0.6) is 17.2 Å². The number of hydrogen-bond acceptors (Lipinski definition) is 12. The van der Waals surface area contributed by atoms with Gasteiger partial charge in [0.05, 0.1) is 41.6 Å². The molecule has 2 heterocycles. The first-order valence-corrected chi connectivity index (χ1v) is 14.2. The number of phenols is 2. The molecule has 2 aliphatic heterocycles. The van der Waals surface area contributed by atoms with Gasteiger partial charge >= 0.3 is 0 Å². The molecule has 2 aliphatic carbocycles. The van der Waals surface area contributed by atoms with Gasteiger partial charge in [0.1, 0.15) is 29.5 Å². The maximum absolute atomic E-state index is 13.9. The second-order valence-electron chi connectivity index (χ2n) is 11.7. The fourth-order valence-corrected chi connectivity index (χ4v) is 6.51. The Morgan fingerprint density at radius 3 is 2.21 bits per heavy atom. The third kappa shape index (κ3) is 5.02. The van der Waals surface area contributed by atoms with Crippen molar-refractivity contribution in [1.29, 1.82) is 0 Å². The molecule has 2 aromatic rings. The van der Waals surface area contributed by atoms with Crippen molar-refractivity contribution in [3.8, 4) is 17.2 Å². The van der Waals surface area contributed by atoms with E-state index in [2.05, 4.69) is 0 Å². The van der Waals surface area contributed by atoms with E-state index < -0.39 is 72.6 Å². The Kier molecular flexibility index (Phi) is 7.58. The summed E-state index contributed by atoms with van der Waals surface area (Å²) in [5.74, 6) is -2.24. The molecule has 4 aliphatic rings. The van der Waals surface area contributed by atoms with E-state index in [1.165, 1.54) is 18.2 Å². The summed E-state index contributed by atoms with van der Waals surface area (Å²) < 4.78 is 23.4. The number of aliphatic hydroxyl groups is 4. The van der Waals surface area contributed by atoms with Gasteiger partial charge in [-0.15, -0.1) is 0 Å². The van der Waals surface area contributed by atoms with Crippen LogP contribution in [0.1, 0.15) is 64.1 Å². The van der Waals surface area contributed by atoms with Crippen LogP contribution < -0.4 is 4.74 Å². The third-order valence-corrected chi connectivity index (χ3v) is 8.57. The average Bonchev–Trinajstić information content (AvgIpc) is 2.92. The molecule has 230 valence electrons. The normalized spacial score (nSPS) is 34.0. The quantitative estimate of drug-likeness (QED) is 0.296. The molecule has 9 atom stereocenters. The van der Waals surface area contributed by atoms with E-state index in [1.807, 2.05) is 0 Å². The van der Waals surface area contributed by atoms with Crippen molar-refractivity contribution in [2.24, 2.45) is 0 Å². The van der Waals surface area contributed by atoms with Crippen LogP contribution in [0.3, 0.4) is 0 Å². The lowest BCUT2D eigenvalue weighted by Gasteiger charge is -2.42. The van der Waals surface area contributed by atoms with E-state index in [9.17, 15) is 40.2 Å². The van der Waals surface area contributed by atoms with Gasteiger partial charge in [0, 0.05) is 36.0 Å². The second kappa shape index (κ2) is 11.0. The van der Waals surface area contributed by atoms with Gasteiger partial charge in [-0.05, 0) is 50.1 Å². The highest BCUT2D eigenvalue weighted by molar-refractivity contribution is 6.42. The molecule has 43 heavy (non-hydrogen) atoms. The summed E-state index contributed by atoms with van der Waals surface area (Å²) in [5, 5.41) is 63.3. The zero-order chi connectivity index (χ0) is 30.9. The number of fused-ring (bicyclic) bond motifs is 3. The predicted molar refractivity (Wildman–Crippen MR) is 148 cm³/mol. The molecular weight excluding hydrogens is 564 g/mol. The summed E-state index contributed by atoms with van der Waals surface area (Å²) in [6, 6.07) is 5.70. The summed E-state index contributed by atoms with van der Waals surface area (Å²) in [4.78, 5) is 27.7. The molecule has 12 nitrogen and oxygen atoms in total. The topological polar surface area (TPSA) is 192 Å². The van der Waals surface area contributed by atoms with E-state index in [0.717, 1.165) is 5.56 Å². The van der Waals surface area contributed by atoms with Crippen molar-refractivity contribution in [2.75, 3.05) is 0 Å². The van der Waals surface area contributed by atoms with Gasteiger partial charge in [0.2, 0.25) is 6.29 Å². The number of aromatic hydroxyl groups is 2. The Morgan fingerprint density at radius 2 is 1.51 bits per heavy atom. The molecule has 6 rings (SSSR count). The SMILES string of the molecule is Cc1cc(O)c2c(c1)C[C@@H](O)C1=C2C(=O)c2c(O)ccc(O[C@H]3C[C@@H](O)[C@@H](O[C@H]4C[C@@H](O)[C@H](O)[C@H](C)O4)[C@@H](C)O3)c2C1=O. The van der Waals surface area contributed by atoms with Crippen LogP contribution in [0.15, 0.2) is 29.8 Å². The molecule has 0 aromatic heterocycles. The number of phenolic OH excluding ortho intramolecular Hbond substituents is 2. The maximum atomic E-state index is 13.9. The number of aliphatic hydroxyl groups excluding tert-OH is 4. The molecule has 6 N–H and O–H groups in total. The largest absolute Gasteiger partial charge is 0.507 e. The summed E-state index contributed by atoms with van der Waals surface area (Å²) in [5.41, 5.74) is 0.447. The third-order valence-electron chi connectivity index (χ3n) is 8.57. The molecule has 2 fully saturated rings. The van der Waals surface area contributed by atoms with Crippen LogP contribution in [-0.2, 0) is 20.6 Å². The summed E-state index contributed by atoms with van der Waals surface area (Å²) in [6.07, 6.45) is -8.90. The van der Waals surface area contributed by atoms with Crippen LogP contribution in [-0.4, -0.2) is 97.5 Å². The van der Waals surface area contributed by atoms with Crippen LogP contribution in [0.4, 0.5) is 0 Å². The number of ether oxygens (including phenoxy) is 4. The van der Waals surface area contributed by atoms with E-state index in [4.69, 9.17) is 18.9 Å². The number of allylic oxidation sites excluding steroid dienone is 1. The molecule has 0 amide bonds. The lowest BCUT2D eigenvalue weighted by atomic mass is 9.72. The van der Waals surface area contributed by atoms with Crippen molar-refractivity contribution >= 4 is 17.1 Å². The average molecular weight is 599 g/mol. The lowest BCUT2D eigenvalue weighted by molar-refractivity contribution is -0.303. The van der Waals surface area contributed by atoms with E-state index in [0.29, 0.717) is 5.56 Å². The molecule has 0 spiro atoms. The highest BCUT2D eigenvalue weighted by atomic mass is 16.7. The van der Waals surface area contributed by atoms with Crippen molar-refractivity contribution in [2.45, 2.75) is 95.3 Å². The Bertz CT molecular complexity index is 1490. The van der Waals surface area contributed by atoms with Crippen LogP contribution in [0, 0.1) is 6.92 Å². The molecular formula is C31H34O12. The Balaban J connectivity index is 1.26. The fraction of sp³-hybridized carbons (Fsp3) is 0.484. The van der Waals surface area contributed by atoms with Crippen molar-refractivity contribution in [3.05, 3.63) is 57.7 Å². The van der Waals surface area contributed by atoms with E-state index >= 15 is 0 Å². The van der Waals surface area contributed by atoms with Crippen LogP contribution in [0.25, 0.3) is 5.57 Å². The minimum Gasteiger partial charge on any atom is -0.507 e. The molecule has 2 saturated heterocycles. The molecule has 0 radical (unpaired) electrons. The van der Waals surface area contributed by atoms with Gasteiger partial charge in [-0.1, -0.05) is 6.07 Å². The minimum absolute atomic E-state index is 0.00269. The standard InChI is InChI=1S/C31H34O12/c1-11-6-14-8-17(34)25-27(23(14)16(33)7-11)30(39)24-15(32)4-5-20(26(24)29(25)38)42-21-10-19(36)31(13(3)41-21)43-22-9-18(35)28(37)12(2)40-22/h4-7,12-13,17-19,21-22,28,31-37H,8-10H2,1-3H3/t12-,13+,17+,18+,19+,21-,22-,28+,31-/m0/s1. The predicted octanol–water partition coefficient (Wildman–Crippen LogP) is 1.27. The van der Waals surface area contributed by atoms with Crippen molar-refractivity contribution in [1.82, 2.24) is 0 Å². The zero-order valence-corrected chi connectivity index (χ0v) is 23.8. The monoisotopic (exact) mass is 598 g/mol. The van der Waals surface area contributed by atoms with Gasteiger partial charge in [0.25, 0.3) is 0 Å². The number of carbonyl (C=O) groups is 2. The fourth-order valence-electron chi connectivity index (χ4n) is 6.51. The highest BCUT2D eigenvalue weighted by Gasteiger charge is 2.46. The number of carbonyl (C=O) groups excluding carboxylic acids is 2. The summed E-state index contributed by atoms with van der Waals surface area (Å²) >= 11 is 0. The van der Waals surface area contributed by atoms with Gasteiger partial charge in [-0.3, -0.25) is 9.59 Å². The summed E-state index contributed by atoms with van der Waals surface area (Å²) in [7, 11) is 0. The first kappa shape index (κ1) is 29.7. The van der Waals surface area contributed by atoms with Crippen LogP contribution in [0.2, 0.25) is 0 Å². The Labute approximate surface area is 246 Å². The number of aryl methyl sites for hydroxylation is 1. The second-order valence-corrected chi connectivity index (χ2v) is 11.7. The highest BCUT2D eigenvalue weighted by Crippen LogP contribution is 2.47. The smallest absolute Gasteiger partial charge is 0.202 e. The maximum Gasteiger partial charge on any atom is 0.202 e. The van der Waals surface area contributed by atoms with E-state index in [1.54, 1.807) is 26.8 Å². The van der Waals surface area contributed by atoms with Gasteiger partial charge < -0.3 is 49.6 Å². The van der Waals surface area contributed by atoms with Gasteiger partial charge in [0.15, 0.2) is 17.9 Å². The molecule has 0 saturated carbocycles. The number of ketones is 2. The van der Waals surface area contributed by atoms with Gasteiger partial charge in [-0.25, -0.2) is 0 Å². The first-order chi connectivity index (χ1) is 20.3.